The van der Waals surface area contributed by atoms with Gasteiger partial charge in [0.2, 0.25) is 0 Å². The van der Waals surface area contributed by atoms with Crippen molar-refractivity contribution in [2.45, 2.75) is 76.0 Å². The molecule has 0 amide bonds. The van der Waals surface area contributed by atoms with Crippen LogP contribution in [-0.4, -0.2) is 0 Å². The summed E-state index contributed by atoms with van der Waals surface area (Å²) >= 11 is 0. The SMILES string of the molecule is O=[PH+]c1cccc(C2CCCCC2)c1C1CCCCC1.[Pd]. The first-order chi connectivity index (χ1) is 9.90. The summed E-state index contributed by atoms with van der Waals surface area (Å²) in [7, 11) is -0.286. The van der Waals surface area contributed by atoms with E-state index in [2.05, 4.69) is 18.2 Å². The molecule has 3 rings (SSSR count). The zero-order chi connectivity index (χ0) is 13.8. The maximum absolute atomic E-state index is 11.7. The topological polar surface area (TPSA) is 17.1 Å². The quantitative estimate of drug-likeness (QED) is 0.492. The molecule has 0 saturated heterocycles. The third kappa shape index (κ3) is 4.04. The molecule has 118 valence electrons. The fourth-order valence-electron chi connectivity index (χ4n) is 4.29. The molecule has 1 aromatic rings. The van der Waals surface area contributed by atoms with E-state index in [-0.39, 0.29) is 28.9 Å². The van der Waals surface area contributed by atoms with Crippen LogP contribution in [0.2, 0.25) is 0 Å². The van der Waals surface area contributed by atoms with Crippen LogP contribution >= 0.6 is 8.46 Å². The van der Waals surface area contributed by atoms with Gasteiger partial charge in [-0.2, -0.15) is 0 Å². The predicted octanol–water partition coefficient (Wildman–Crippen LogP) is 5.43. The molecule has 0 bridgehead atoms. The number of hydrogen-bond donors (Lipinski definition) is 0. The van der Waals surface area contributed by atoms with Crippen LogP contribution in [0.5, 0.6) is 0 Å². The minimum absolute atomic E-state index is 0. The van der Waals surface area contributed by atoms with E-state index < -0.39 is 0 Å². The van der Waals surface area contributed by atoms with E-state index in [1.165, 1.54) is 69.8 Å². The summed E-state index contributed by atoms with van der Waals surface area (Å²) in [5.74, 6) is 1.41. The molecule has 3 heteroatoms. The van der Waals surface area contributed by atoms with Crippen LogP contribution in [0.3, 0.4) is 0 Å². The molecule has 0 heterocycles. The van der Waals surface area contributed by atoms with E-state index in [0.717, 1.165) is 11.2 Å². The second-order valence-electron chi connectivity index (χ2n) is 6.58. The van der Waals surface area contributed by atoms with Gasteiger partial charge in [0.15, 0.2) is 5.30 Å². The largest absolute Gasteiger partial charge is 0.363 e. The molecule has 1 unspecified atom stereocenters. The first-order valence-corrected chi connectivity index (χ1v) is 9.32. The molecular formula is C18H26OPPd+. The van der Waals surface area contributed by atoms with Crippen molar-refractivity contribution in [3.8, 4) is 0 Å². The summed E-state index contributed by atoms with van der Waals surface area (Å²) in [4.78, 5) is 0. The van der Waals surface area contributed by atoms with E-state index in [0.29, 0.717) is 5.92 Å². The van der Waals surface area contributed by atoms with Gasteiger partial charge in [-0.15, -0.1) is 0 Å². The van der Waals surface area contributed by atoms with Gasteiger partial charge >= 0.3 is 8.46 Å². The molecule has 1 aromatic carbocycles. The van der Waals surface area contributed by atoms with Crippen molar-refractivity contribution < 1.29 is 25.0 Å². The normalized spacial score (nSPS) is 21.1. The Morgan fingerprint density at radius 3 is 1.95 bits per heavy atom. The Labute approximate surface area is 144 Å². The molecule has 0 radical (unpaired) electrons. The Morgan fingerprint density at radius 1 is 0.810 bits per heavy atom. The van der Waals surface area contributed by atoms with Gasteiger partial charge in [0.25, 0.3) is 0 Å². The number of hydrogen-bond acceptors (Lipinski definition) is 1. The molecule has 0 N–H and O–H groups in total. The van der Waals surface area contributed by atoms with E-state index in [1.807, 2.05) is 0 Å². The zero-order valence-electron chi connectivity index (χ0n) is 12.7. The van der Waals surface area contributed by atoms with Crippen LogP contribution in [0, 0.1) is 0 Å². The molecule has 21 heavy (non-hydrogen) atoms. The monoisotopic (exact) mass is 395 g/mol. The zero-order valence-corrected chi connectivity index (χ0v) is 15.2. The third-order valence-electron chi connectivity index (χ3n) is 5.31. The third-order valence-corrected chi connectivity index (χ3v) is 5.96. The molecule has 2 saturated carbocycles. The van der Waals surface area contributed by atoms with Crippen molar-refractivity contribution in [1.29, 1.82) is 0 Å². The van der Waals surface area contributed by atoms with Crippen molar-refractivity contribution >= 4 is 13.8 Å². The molecule has 2 aliphatic rings. The summed E-state index contributed by atoms with van der Waals surface area (Å²) < 4.78 is 11.7. The van der Waals surface area contributed by atoms with Crippen molar-refractivity contribution in [1.82, 2.24) is 0 Å². The maximum Gasteiger partial charge on any atom is 0.363 e. The van der Waals surface area contributed by atoms with Gasteiger partial charge in [0.1, 0.15) is 0 Å². The van der Waals surface area contributed by atoms with Gasteiger partial charge in [-0.3, -0.25) is 0 Å². The van der Waals surface area contributed by atoms with E-state index in [1.54, 1.807) is 5.56 Å². The van der Waals surface area contributed by atoms with Crippen LogP contribution in [0.15, 0.2) is 18.2 Å². The molecule has 1 atom stereocenters. The predicted molar refractivity (Wildman–Crippen MR) is 86.7 cm³/mol. The smallest absolute Gasteiger partial charge is 0.0707 e. The second kappa shape index (κ2) is 8.57. The Hall–Kier alpha value is -0.0177. The molecule has 2 aliphatic carbocycles. The van der Waals surface area contributed by atoms with E-state index >= 15 is 0 Å². The van der Waals surface area contributed by atoms with Crippen LogP contribution in [0.25, 0.3) is 0 Å². The van der Waals surface area contributed by atoms with Crippen molar-refractivity contribution in [2.24, 2.45) is 0 Å². The molecule has 2 fully saturated rings. The van der Waals surface area contributed by atoms with Crippen LogP contribution < -0.4 is 5.30 Å². The molecule has 0 aromatic heterocycles. The summed E-state index contributed by atoms with van der Waals surface area (Å²) in [6, 6.07) is 6.57. The van der Waals surface area contributed by atoms with Gasteiger partial charge in [0, 0.05) is 26.0 Å². The van der Waals surface area contributed by atoms with Crippen molar-refractivity contribution in [2.75, 3.05) is 0 Å². The molecule has 0 aliphatic heterocycles. The fourth-order valence-corrected chi connectivity index (χ4v) is 4.91. The Bertz CT molecular complexity index is 462. The van der Waals surface area contributed by atoms with Gasteiger partial charge in [0.05, 0.1) is 0 Å². The summed E-state index contributed by atoms with van der Waals surface area (Å²) in [5, 5.41) is 1.12. The first-order valence-electron chi connectivity index (χ1n) is 8.41. The maximum atomic E-state index is 11.7. The minimum Gasteiger partial charge on any atom is -0.0707 e. The summed E-state index contributed by atoms with van der Waals surface area (Å²) in [6.07, 6.45) is 13.5. The Morgan fingerprint density at radius 2 is 1.38 bits per heavy atom. The number of rotatable bonds is 3. The average Bonchev–Trinajstić information content (AvgIpc) is 2.55. The number of benzene rings is 1. The van der Waals surface area contributed by atoms with Gasteiger partial charge in [-0.05, 0) is 49.1 Å². The van der Waals surface area contributed by atoms with Crippen LogP contribution in [0.4, 0.5) is 0 Å². The molecule has 1 nitrogen and oxygen atoms in total. The Balaban J connectivity index is 0.00000161. The van der Waals surface area contributed by atoms with Crippen LogP contribution in [0.1, 0.15) is 87.2 Å². The van der Waals surface area contributed by atoms with Crippen LogP contribution in [-0.2, 0) is 25.0 Å². The standard InChI is InChI=1S/C18H25OP.Pd/c19-20-17-13-7-12-16(14-8-3-1-4-9-14)18(17)15-10-5-2-6-11-15;/h7,12-15H,1-6,8-11H2;/p+1. The minimum atomic E-state index is -0.286. The summed E-state index contributed by atoms with van der Waals surface area (Å²) in [6.45, 7) is 0. The first kappa shape index (κ1) is 17.3. The van der Waals surface area contributed by atoms with Gasteiger partial charge in [-0.25, -0.2) is 0 Å². The van der Waals surface area contributed by atoms with Gasteiger partial charge < -0.3 is 0 Å². The van der Waals surface area contributed by atoms with Crippen molar-refractivity contribution in [3.05, 3.63) is 29.3 Å². The van der Waals surface area contributed by atoms with E-state index in [4.69, 9.17) is 0 Å². The Kier molecular flexibility index (Phi) is 7.08. The fraction of sp³-hybridized carbons (Fsp3) is 0.667. The second-order valence-corrected chi connectivity index (χ2v) is 7.32. The van der Waals surface area contributed by atoms with Crippen molar-refractivity contribution in [3.63, 3.8) is 0 Å². The molecular weight excluding hydrogens is 370 g/mol. The van der Waals surface area contributed by atoms with E-state index in [9.17, 15) is 4.57 Å². The summed E-state index contributed by atoms with van der Waals surface area (Å²) in [5.41, 5.74) is 3.05. The van der Waals surface area contributed by atoms with Gasteiger partial charge in [-0.1, -0.05) is 55.2 Å². The molecule has 0 spiro atoms. The average molecular weight is 396 g/mol.